The van der Waals surface area contributed by atoms with Crippen LogP contribution in [0, 0.1) is 22.7 Å². The van der Waals surface area contributed by atoms with Crippen molar-refractivity contribution < 1.29 is 0 Å². The SMILES string of the molecule is CC(C)CC1(CNCC(CN)CC(C)(C)C)CCCC1. The van der Waals surface area contributed by atoms with Crippen LogP contribution in [0.4, 0.5) is 0 Å². The first-order valence-corrected chi connectivity index (χ1v) is 8.67. The van der Waals surface area contributed by atoms with E-state index in [2.05, 4.69) is 39.9 Å². The summed E-state index contributed by atoms with van der Waals surface area (Å²) in [6, 6.07) is 0. The van der Waals surface area contributed by atoms with Crippen molar-refractivity contribution in [3.63, 3.8) is 0 Å². The molecular formula is C18H38N2. The number of nitrogens with one attached hydrogen (secondary N) is 1. The Kier molecular flexibility index (Phi) is 7.00. The average Bonchev–Trinajstić information content (AvgIpc) is 2.73. The molecule has 2 nitrogen and oxygen atoms in total. The molecule has 20 heavy (non-hydrogen) atoms. The van der Waals surface area contributed by atoms with Crippen molar-refractivity contribution in [2.75, 3.05) is 19.6 Å². The fraction of sp³-hybridized carbons (Fsp3) is 1.00. The number of nitrogens with two attached hydrogens (primary N) is 1. The van der Waals surface area contributed by atoms with Crippen molar-refractivity contribution >= 4 is 0 Å². The molecule has 1 atom stereocenters. The third-order valence-electron chi connectivity index (χ3n) is 4.67. The minimum atomic E-state index is 0.384. The minimum Gasteiger partial charge on any atom is -0.330 e. The van der Waals surface area contributed by atoms with Gasteiger partial charge in [-0.05, 0) is 61.4 Å². The van der Waals surface area contributed by atoms with Gasteiger partial charge in [0.15, 0.2) is 0 Å². The van der Waals surface area contributed by atoms with E-state index in [4.69, 9.17) is 5.73 Å². The molecule has 0 aromatic carbocycles. The molecule has 1 aliphatic rings. The summed E-state index contributed by atoms with van der Waals surface area (Å²) in [5.41, 5.74) is 6.91. The zero-order chi connectivity index (χ0) is 15.2. The summed E-state index contributed by atoms with van der Waals surface area (Å²) in [6.07, 6.45) is 8.29. The summed E-state index contributed by atoms with van der Waals surface area (Å²) in [5.74, 6) is 1.43. The average molecular weight is 283 g/mol. The van der Waals surface area contributed by atoms with Gasteiger partial charge in [0.05, 0.1) is 0 Å². The summed E-state index contributed by atoms with van der Waals surface area (Å²) >= 11 is 0. The molecule has 1 rings (SSSR count). The van der Waals surface area contributed by atoms with Gasteiger partial charge in [-0.3, -0.25) is 0 Å². The largest absolute Gasteiger partial charge is 0.330 e. The molecule has 120 valence electrons. The molecule has 1 fully saturated rings. The summed E-state index contributed by atoms with van der Waals surface area (Å²) in [4.78, 5) is 0. The van der Waals surface area contributed by atoms with Crippen LogP contribution in [-0.2, 0) is 0 Å². The van der Waals surface area contributed by atoms with E-state index in [9.17, 15) is 0 Å². The van der Waals surface area contributed by atoms with Crippen LogP contribution < -0.4 is 11.1 Å². The lowest BCUT2D eigenvalue weighted by molar-refractivity contribution is 0.212. The predicted octanol–water partition coefficient (Wildman–Crippen LogP) is 4.19. The molecular weight excluding hydrogens is 244 g/mol. The molecule has 0 bridgehead atoms. The first-order chi connectivity index (χ1) is 9.26. The van der Waals surface area contributed by atoms with Crippen molar-refractivity contribution in [1.29, 1.82) is 0 Å². The molecule has 0 aromatic heterocycles. The summed E-state index contributed by atoms with van der Waals surface area (Å²) < 4.78 is 0. The van der Waals surface area contributed by atoms with Crippen LogP contribution in [-0.4, -0.2) is 19.6 Å². The van der Waals surface area contributed by atoms with Gasteiger partial charge in [0.1, 0.15) is 0 Å². The van der Waals surface area contributed by atoms with Crippen molar-refractivity contribution in [3.05, 3.63) is 0 Å². The molecule has 0 saturated heterocycles. The molecule has 0 aliphatic heterocycles. The Morgan fingerprint density at radius 2 is 1.75 bits per heavy atom. The Balaban J connectivity index is 2.39. The van der Waals surface area contributed by atoms with Gasteiger partial charge in [0.25, 0.3) is 0 Å². The maximum Gasteiger partial charge on any atom is 0.000803 e. The minimum absolute atomic E-state index is 0.384. The standard InChI is InChI=1S/C18H38N2/c1-15(2)10-18(8-6-7-9-18)14-20-13-16(12-19)11-17(3,4)5/h15-16,20H,6-14,19H2,1-5H3. The Morgan fingerprint density at radius 3 is 2.20 bits per heavy atom. The van der Waals surface area contributed by atoms with Crippen LogP contribution in [0.3, 0.4) is 0 Å². The van der Waals surface area contributed by atoms with Crippen molar-refractivity contribution in [1.82, 2.24) is 5.32 Å². The second kappa shape index (κ2) is 7.79. The summed E-state index contributed by atoms with van der Waals surface area (Å²) in [5, 5.41) is 3.77. The highest BCUT2D eigenvalue weighted by Gasteiger charge is 2.34. The zero-order valence-corrected chi connectivity index (χ0v) is 14.6. The fourth-order valence-corrected chi connectivity index (χ4v) is 4.09. The summed E-state index contributed by atoms with van der Waals surface area (Å²) in [7, 11) is 0. The lowest BCUT2D eigenvalue weighted by Gasteiger charge is -2.33. The second-order valence-electron chi connectivity index (χ2n) is 8.80. The van der Waals surface area contributed by atoms with Crippen LogP contribution in [0.25, 0.3) is 0 Å². The highest BCUT2D eigenvalue weighted by Crippen LogP contribution is 2.42. The Hall–Kier alpha value is -0.0800. The Morgan fingerprint density at radius 1 is 1.15 bits per heavy atom. The molecule has 0 spiro atoms. The molecule has 2 heteroatoms. The third-order valence-corrected chi connectivity index (χ3v) is 4.67. The van der Waals surface area contributed by atoms with Crippen LogP contribution in [0.1, 0.15) is 73.1 Å². The molecule has 1 aliphatic carbocycles. The van der Waals surface area contributed by atoms with Gasteiger partial charge in [-0.1, -0.05) is 47.5 Å². The van der Waals surface area contributed by atoms with E-state index in [-0.39, 0.29) is 0 Å². The van der Waals surface area contributed by atoms with E-state index in [0.29, 0.717) is 16.7 Å². The second-order valence-corrected chi connectivity index (χ2v) is 8.80. The van der Waals surface area contributed by atoms with Crippen molar-refractivity contribution in [3.8, 4) is 0 Å². The normalized spacial score (nSPS) is 20.6. The van der Waals surface area contributed by atoms with Crippen molar-refractivity contribution in [2.45, 2.75) is 73.1 Å². The quantitative estimate of drug-likeness (QED) is 0.700. The highest BCUT2D eigenvalue weighted by atomic mass is 14.9. The van der Waals surface area contributed by atoms with Crippen LogP contribution in [0.15, 0.2) is 0 Å². The molecule has 0 aromatic rings. The van der Waals surface area contributed by atoms with E-state index >= 15 is 0 Å². The number of hydrogen-bond acceptors (Lipinski definition) is 2. The first kappa shape index (κ1) is 18.0. The molecule has 1 unspecified atom stereocenters. The van der Waals surface area contributed by atoms with Crippen LogP contribution in [0.5, 0.6) is 0 Å². The van der Waals surface area contributed by atoms with Gasteiger partial charge in [-0.25, -0.2) is 0 Å². The highest BCUT2D eigenvalue weighted by molar-refractivity contribution is 4.88. The number of rotatable bonds is 8. The Labute approximate surface area is 127 Å². The van der Waals surface area contributed by atoms with Gasteiger partial charge < -0.3 is 11.1 Å². The molecule has 0 radical (unpaired) electrons. The monoisotopic (exact) mass is 282 g/mol. The number of hydrogen-bond donors (Lipinski definition) is 2. The van der Waals surface area contributed by atoms with E-state index in [1.807, 2.05) is 0 Å². The van der Waals surface area contributed by atoms with Gasteiger partial charge in [-0.2, -0.15) is 0 Å². The topological polar surface area (TPSA) is 38.0 Å². The maximum absolute atomic E-state index is 5.95. The predicted molar refractivity (Wildman–Crippen MR) is 89.8 cm³/mol. The maximum atomic E-state index is 5.95. The van der Waals surface area contributed by atoms with Gasteiger partial charge >= 0.3 is 0 Å². The summed E-state index contributed by atoms with van der Waals surface area (Å²) in [6.45, 7) is 14.8. The Bertz CT molecular complexity index is 259. The van der Waals surface area contributed by atoms with Crippen LogP contribution >= 0.6 is 0 Å². The van der Waals surface area contributed by atoms with Crippen molar-refractivity contribution in [2.24, 2.45) is 28.4 Å². The lowest BCUT2D eigenvalue weighted by atomic mass is 9.78. The van der Waals surface area contributed by atoms with E-state index in [0.717, 1.165) is 19.0 Å². The van der Waals surface area contributed by atoms with E-state index < -0.39 is 0 Å². The van der Waals surface area contributed by atoms with Gasteiger partial charge in [0.2, 0.25) is 0 Å². The van der Waals surface area contributed by atoms with Gasteiger partial charge in [-0.15, -0.1) is 0 Å². The molecule has 1 saturated carbocycles. The molecule has 0 heterocycles. The smallest absolute Gasteiger partial charge is 0.000803 e. The first-order valence-electron chi connectivity index (χ1n) is 8.67. The van der Waals surface area contributed by atoms with Gasteiger partial charge in [0, 0.05) is 6.54 Å². The van der Waals surface area contributed by atoms with E-state index in [1.54, 1.807) is 0 Å². The lowest BCUT2D eigenvalue weighted by Crippen LogP contribution is -2.38. The molecule has 3 N–H and O–H groups in total. The van der Waals surface area contributed by atoms with Crippen LogP contribution in [0.2, 0.25) is 0 Å². The molecule has 0 amide bonds. The fourth-order valence-electron chi connectivity index (χ4n) is 4.09. The van der Waals surface area contributed by atoms with E-state index in [1.165, 1.54) is 45.1 Å². The third kappa shape index (κ3) is 6.58. The zero-order valence-electron chi connectivity index (χ0n) is 14.6.